The van der Waals surface area contributed by atoms with E-state index in [1.54, 1.807) is 29.8 Å². The number of hydrogen-bond acceptors (Lipinski definition) is 4. The van der Waals surface area contributed by atoms with E-state index in [1.165, 1.54) is 54.2 Å². The number of hydrogen-bond donors (Lipinski definition) is 0. The van der Waals surface area contributed by atoms with Crippen LogP contribution in [0.2, 0.25) is 0 Å². The molecule has 1 heterocycles. The van der Waals surface area contributed by atoms with Crippen LogP contribution in [0.1, 0.15) is 16.1 Å². The number of nitrogens with zero attached hydrogens (tertiary/aromatic N) is 3. The Morgan fingerprint density at radius 2 is 1.93 bits per heavy atom. The fraction of sp³-hybridized carbons (Fsp3) is 0.200. The summed E-state index contributed by atoms with van der Waals surface area (Å²) < 4.78 is 33.8. The molecule has 0 saturated carbocycles. The molecule has 0 spiro atoms. The van der Waals surface area contributed by atoms with Crippen LogP contribution in [0.5, 0.6) is 5.75 Å². The molecule has 28 heavy (non-hydrogen) atoms. The third-order valence-corrected chi connectivity index (χ3v) is 4.85. The zero-order valence-corrected chi connectivity index (χ0v) is 16.5. The maximum atomic E-state index is 13.9. The van der Waals surface area contributed by atoms with Gasteiger partial charge in [0, 0.05) is 19.3 Å². The number of amides is 1. The molecule has 5 nitrogen and oxygen atoms in total. The highest BCUT2D eigenvalue weighted by molar-refractivity contribution is 7.98. The predicted octanol–water partition coefficient (Wildman–Crippen LogP) is 4.15. The number of benzene rings is 2. The van der Waals surface area contributed by atoms with Crippen molar-refractivity contribution in [2.45, 2.75) is 11.7 Å². The number of thioether (sulfide) groups is 1. The number of rotatable bonds is 6. The Bertz CT molecular complexity index is 990. The van der Waals surface area contributed by atoms with Gasteiger partial charge in [-0.05, 0) is 48.2 Å². The van der Waals surface area contributed by atoms with Gasteiger partial charge in [0.1, 0.15) is 11.5 Å². The van der Waals surface area contributed by atoms with Crippen molar-refractivity contribution in [2.75, 3.05) is 20.4 Å². The summed E-state index contributed by atoms with van der Waals surface area (Å²) in [7, 11) is 3.03. The fourth-order valence-electron chi connectivity index (χ4n) is 2.82. The van der Waals surface area contributed by atoms with Crippen LogP contribution in [0, 0.1) is 11.6 Å². The van der Waals surface area contributed by atoms with Crippen LogP contribution in [-0.4, -0.2) is 40.8 Å². The van der Waals surface area contributed by atoms with E-state index < -0.39 is 5.82 Å². The number of halogens is 2. The van der Waals surface area contributed by atoms with Crippen molar-refractivity contribution in [1.29, 1.82) is 0 Å². The molecule has 146 valence electrons. The van der Waals surface area contributed by atoms with Crippen LogP contribution < -0.4 is 4.74 Å². The second kappa shape index (κ2) is 8.43. The molecule has 1 aromatic heterocycles. The van der Waals surface area contributed by atoms with Crippen LogP contribution in [0.4, 0.5) is 8.78 Å². The van der Waals surface area contributed by atoms with Gasteiger partial charge >= 0.3 is 0 Å². The molecule has 0 saturated heterocycles. The summed E-state index contributed by atoms with van der Waals surface area (Å²) in [6.45, 7) is 0.211. The van der Waals surface area contributed by atoms with Crippen LogP contribution in [-0.2, 0) is 6.54 Å². The average Bonchev–Trinajstić information content (AvgIpc) is 3.12. The SMILES string of the molecule is COc1ccc(CN(C)C(=O)c2cnc(SC)n2-c2ccc(F)cc2)cc1F. The Kier molecular flexibility index (Phi) is 5.99. The second-order valence-corrected chi connectivity index (χ2v) is 6.85. The smallest absolute Gasteiger partial charge is 0.272 e. The van der Waals surface area contributed by atoms with Crippen molar-refractivity contribution < 1.29 is 18.3 Å². The van der Waals surface area contributed by atoms with Gasteiger partial charge in [-0.25, -0.2) is 13.8 Å². The molecule has 0 unspecified atom stereocenters. The Morgan fingerprint density at radius 1 is 1.21 bits per heavy atom. The van der Waals surface area contributed by atoms with E-state index >= 15 is 0 Å². The van der Waals surface area contributed by atoms with Gasteiger partial charge in [0.05, 0.1) is 13.3 Å². The maximum Gasteiger partial charge on any atom is 0.272 e. The maximum absolute atomic E-state index is 13.9. The molecule has 0 aliphatic carbocycles. The number of carbonyl (C=O) groups excluding carboxylic acids is 1. The highest BCUT2D eigenvalue weighted by atomic mass is 32.2. The zero-order chi connectivity index (χ0) is 20.3. The molecule has 0 atom stereocenters. The summed E-state index contributed by atoms with van der Waals surface area (Å²) in [5.74, 6) is -0.979. The normalized spacial score (nSPS) is 10.8. The quantitative estimate of drug-likeness (QED) is 0.580. The molecule has 0 aliphatic rings. The molecular weight excluding hydrogens is 384 g/mol. The molecule has 1 amide bonds. The highest BCUT2D eigenvalue weighted by Gasteiger charge is 2.21. The van der Waals surface area contributed by atoms with Crippen LogP contribution in [0.15, 0.2) is 53.8 Å². The summed E-state index contributed by atoms with van der Waals surface area (Å²) in [6, 6.07) is 10.4. The molecule has 0 N–H and O–H groups in total. The van der Waals surface area contributed by atoms with Gasteiger partial charge in [0.2, 0.25) is 0 Å². The summed E-state index contributed by atoms with van der Waals surface area (Å²) in [5, 5.41) is 0.610. The Morgan fingerprint density at radius 3 is 2.54 bits per heavy atom. The third-order valence-electron chi connectivity index (χ3n) is 4.20. The Labute approximate surface area is 165 Å². The molecule has 0 radical (unpaired) electrons. The molecule has 8 heteroatoms. The van der Waals surface area contributed by atoms with Crippen molar-refractivity contribution in [3.8, 4) is 11.4 Å². The van der Waals surface area contributed by atoms with E-state index in [2.05, 4.69) is 4.98 Å². The summed E-state index contributed by atoms with van der Waals surface area (Å²) in [6.07, 6.45) is 3.34. The summed E-state index contributed by atoms with van der Waals surface area (Å²) in [5.41, 5.74) is 1.61. The van der Waals surface area contributed by atoms with Crippen molar-refractivity contribution >= 4 is 17.7 Å². The Balaban J connectivity index is 1.88. The molecule has 0 bridgehead atoms. The van der Waals surface area contributed by atoms with Gasteiger partial charge in [0.25, 0.3) is 5.91 Å². The first kappa shape index (κ1) is 19.9. The highest BCUT2D eigenvalue weighted by Crippen LogP contribution is 2.24. The first-order valence-electron chi connectivity index (χ1n) is 8.40. The lowest BCUT2D eigenvalue weighted by Gasteiger charge is -2.19. The fourth-order valence-corrected chi connectivity index (χ4v) is 3.36. The first-order valence-corrected chi connectivity index (χ1v) is 9.62. The monoisotopic (exact) mass is 403 g/mol. The minimum absolute atomic E-state index is 0.150. The van der Waals surface area contributed by atoms with Crippen molar-refractivity contribution in [3.05, 3.63) is 71.6 Å². The van der Waals surface area contributed by atoms with Crippen molar-refractivity contribution in [1.82, 2.24) is 14.5 Å². The second-order valence-electron chi connectivity index (χ2n) is 6.07. The standard InChI is InChI=1S/C20H19F2N3O2S/c1-24(12-13-4-9-18(27-2)16(22)10-13)19(26)17-11-23-20(28-3)25(17)15-7-5-14(21)6-8-15/h4-11H,12H2,1-3H3. The van der Waals surface area contributed by atoms with Crippen molar-refractivity contribution in [2.24, 2.45) is 0 Å². The van der Waals surface area contributed by atoms with Crippen molar-refractivity contribution in [3.63, 3.8) is 0 Å². The van der Waals surface area contributed by atoms with Crippen LogP contribution in [0.25, 0.3) is 5.69 Å². The molecule has 2 aromatic carbocycles. The van der Waals surface area contributed by atoms with E-state index in [0.717, 1.165) is 0 Å². The molecular formula is C20H19F2N3O2S. The molecule has 3 aromatic rings. The first-order chi connectivity index (χ1) is 13.4. The zero-order valence-electron chi connectivity index (χ0n) is 15.6. The summed E-state index contributed by atoms with van der Waals surface area (Å²) >= 11 is 1.38. The minimum Gasteiger partial charge on any atom is -0.494 e. The number of ether oxygens (including phenoxy) is 1. The van der Waals surface area contributed by atoms with E-state index in [9.17, 15) is 13.6 Å². The van der Waals surface area contributed by atoms with E-state index in [4.69, 9.17) is 4.74 Å². The number of aromatic nitrogens is 2. The number of methoxy groups -OCH3 is 1. The van der Waals surface area contributed by atoms with Gasteiger partial charge in [-0.15, -0.1) is 0 Å². The number of carbonyl (C=O) groups is 1. The predicted molar refractivity (Wildman–Crippen MR) is 104 cm³/mol. The van der Waals surface area contributed by atoms with Gasteiger partial charge in [0.15, 0.2) is 16.7 Å². The lowest BCUT2D eigenvalue weighted by Crippen LogP contribution is -2.28. The lowest BCUT2D eigenvalue weighted by molar-refractivity contribution is 0.0776. The van der Waals surface area contributed by atoms with Crippen LogP contribution >= 0.6 is 11.8 Å². The van der Waals surface area contributed by atoms with E-state index in [-0.39, 0.29) is 24.0 Å². The lowest BCUT2D eigenvalue weighted by atomic mass is 10.2. The largest absolute Gasteiger partial charge is 0.494 e. The van der Waals surface area contributed by atoms with Gasteiger partial charge < -0.3 is 9.64 Å². The molecule has 0 aliphatic heterocycles. The van der Waals surface area contributed by atoms with Gasteiger partial charge in [-0.1, -0.05) is 17.8 Å². The van der Waals surface area contributed by atoms with Gasteiger partial charge in [-0.2, -0.15) is 0 Å². The van der Waals surface area contributed by atoms with Gasteiger partial charge in [-0.3, -0.25) is 9.36 Å². The van der Waals surface area contributed by atoms with E-state index in [1.807, 2.05) is 6.26 Å². The average molecular weight is 403 g/mol. The topological polar surface area (TPSA) is 47.4 Å². The van der Waals surface area contributed by atoms with E-state index in [0.29, 0.717) is 22.1 Å². The molecule has 3 rings (SSSR count). The summed E-state index contributed by atoms with van der Waals surface area (Å²) in [4.78, 5) is 18.8. The minimum atomic E-state index is -0.484. The van der Waals surface area contributed by atoms with Crippen LogP contribution in [0.3, 0.4) is 0 Å². The Hall–Kier alpha value is -2.87. The third kappa shape index (κ3) is 4.01. The molecule has 0 fully saturated rings. The number of imidazole rings is 1.